The fraction of sp³-hybridized carbons (Fsp3) is 0.500. The standard InChI is InChI=1S/C16H21NO5S/c1-2-22-16(19)14-10-12-17(11-6-9-15(14)18)23(20,21)13-7-4-3-5-8-13/h3-5,7-8,14H,2,6,9-12H2,1H3. The van der Waals surface area contributed by atoms with Gasteiger partial charge in [0.1, 0.15) is 11.7 Å². The molecule has 1 fully saturated rings. The zero-order valence-corrected chi connectivity index (χ0v) is 13.9. The van der Waals surface area contributed by atoms with Crippen LogP contribution in [0.2, 0.25) is 0 Å². The fourth-order valence-electron chi connectivity index (χ4n) is 2.62. The quantitative estimate of drug-likeness (QED) is 0.615. The Hall–Kier alpha value is -1.73. The summed E-state index contributed by atoms with van der Waals surface area (Å²) in [7, 11) is -3.61. The Morgan fingerprint density at radius 3 is 2.61 bits per heavy atom. The molecule has 1 aromatic carbocycles. The molecule has 2 rings (SSSR count). The van der Waals surface area contributed by atoms with Crippen molar-refractivity contribution in [3.05, 3.63) is 30.3 Å². The van der Waals surface area contributed by atoms with E-state index in [9.17, 15) is 18.0 Å². The minimum atomic E-state index is -3.61. The maximum Gasteiger partial charge on any atom is 0.316 e. The van der Waals surface area contributed by atoms with Gasteiger partial charge in [0.25, 0.3) is 0 Å². The summed E-state index contributed by atoms with van der Waals surface area (Å²) in [6.45, 7) is 2.29. The molecule has 0 amide bonds. The minimum absolute atomic E-state index is 0.131. The van der Waals surface area contributed by atoms with Gasteiger partial charge in [0.15, 0.2) is 0 Å². The molecule has 0 saturated carbocycles. The summed E-state index contributed by atoms with van der Waals surface area (Å²) >= 11 is 0. The van der Waals surface area contributed by atoms with Crippen LogP contribution in [0.1, 0.15) is 26.2 Å². The van der Waals surface area contributed by atoms with E-state index in [-0.39, 0.29) is 43.2 Å². The molecule has 1 aliphatic heterocycles. The number of esters is 1. The summed E-state index contributed by atoms with van der Waals surface area (Å²) in [5.41, 5.74) is 0. The Bertz CT molecular complexity index is 648. The molecule has 7 heteroatoms. The zero-order chi connectivity index (χ0) is 16.9. The summed E-state index contributed by atoms with van der Waals surface area (Å²) < 4.78 is 31.6. The van der Waals surface area contributed by atoms with Crippen molar-refractivity contribution in [1.82, 2.24) is 4.31 Å². The summed E-state index contributed by atoms with van der Waals surface area (Å²) in [6, 6.07) is 8.18. The van der Waals surface area contributed by atoms with Crippen molar-refractivity contribution in [2.75, 3.05) is 19.7 Å². The highest BCUT2D eigenvalue weighted by Gasteiger charge is 2.33. The van der Waals surface area contributed by atoms with Crippen LogP contribution >= 0.6 is 0 Å². The number of hydrogen-bond donors (Lipinski definition) is 0. The number of carbonyl (C=O) groups excluding carboxylic acids is 2. The molecule has 0 bridgehead atoms. The second kappa shape index (κ2) is 7.70. The molecule has 0 aliphatic carbocycles. The van der Waals surface area contributed by atoms with Gasteiger partial charge in [-0.1, -0.05) is 18.2 Å². The van der Waals surface area contributed by atoms with Crippen molar-refractivity contribution >= 4 is 21.8 Å². The number of ether oxygens (including phenoxy) is 1. The minimum Gasteiger partial charge on any atom is -0.465 e. The smallest absolute Gasteiger partial charge is 0.316 e. The van der Waals surface area contributed by atoms with Crippen molar-refractivity contribution in [3.8, 4) is 0 Å². The third-order valence-electron chi connectivity index (χ3n) is 3.84. The molecule has 1 aromatic rings. The lowest BCUT2D eigenvalue weighted by Crippen LogP contribution is -2.39. The van der Waals surface area contributed by atoms with Gasteiger partial charge < -0.3 is 4.74 Å². The third-order valence-corrected chi connectivity index (χ3v) is 5.75. The monoisotopic (exact) mass is 339 g/mol. The average molecular weight is 339 g/mol. The van der Waals surface area contributed by atoms with Crippen molar-refractivity contribution in [1.29, 1.82) is 0 Å². The molecule has 1 heterocycles. The van der Waals surface area contributed by atoms with E-state index in [2.05, 4.69) is 0 Å². The van der Waals surface area contributed by atoms with Gasteiger partial charge in [-0.2, -0.15) is 4.31 Å². The zero-order valence-electron chi connectivity index (χ0n) is 13.1. The molecule has 1 atom stereocenters. The number of sulfonamides is 1. The van der Waals surface area contributed by atoms with Crippen LogP contribution in [0.25, 0.3) is 0 Å². The summed E-state index contributed by atoms with van der Waals surface area (Å²) in [6.07, 6.45) is 0.745. The molecule has 1 unspecified atom stereocenters. The highest BCUT2D eigenvalue weighted by molar-refractivity contribution is 7.89. The second-order valence-electron chi connectivity index (χ2n) is 5.38. The number of benzene rings is 1. The lowest BCUT2D eigenvalue weighted by Gasteiger charge is -2.26. The molecule has 1 aliphatic rings. The second-order valence-corrected chi connectivity index (χ2v) is 7.32. The van der Waals surface area contributed by atoms with E-state index in [1.807, 2.05) is 0 Å². The lowest BCUT2D eigenvalue weighted by molar-refractivity contribution is -0.152. The van der Waals surface area contributed by atoms with Gasteiger partial charge in [-0.3, -0.25) is 9.59 Å². The highest BCUT2D eigenvalue weighted by atomic mass is 32.2. The van der Waals surface area contributed by atoms with Crippen LogP contribution in [0.15, 0.2) is 35.2 Å². The highest BCUT2D eigenvalue weighted by Crippen LogP contribution is 2.22. The molecular weight excluding hydrogens is 318 g/mol. The van der Waals surface area contributed by atoms with E-state index in [0.717, 1.165) is 0 Å². The molecule has 0 radical (unpaired) electrons. The van der Waals surface area contributed by atoms with Gasteiger partial charge in [0.05, 0.1) is 11.5 Å². The largest absolute Gasteiger partial charge is 0.465 e. The third kappa shape index (κ3) is 4.17. The lowest BCUT2D eigenvalue weighted by atomic mass is 9.95. The van der Waals surface area contributed by atoms with E-state index < -0.39 is 21.9 Å². The van der Waals surface area contributed by atoms with Crippen LogP contribution in [-0.4, -0.2) is 44.2 Å². The maximum absolute atomic E-state index is 12.7. The van der Waals surface area contributed by atoms with Crippen LogP contribution in [0.3, 0.4) is 0 Å². The van der Waals surface area contributed by atoms with Gasteiger partial charge in [0, 0.05) is 19.5 Å². The Morgan fingerprint density at radius 2 is 1.96 bits per heavy atom. The molecule has 126 valence electrons. The maximum atomic E-state index is 12.7. The number of nitrogens with zero attached hydrogens (tertiary/aromatic N) is 1. The van der Waals surface area contributed by atoms with Crippen molar-refractivity contribution in [2.45, 2.75) is 31.1 Å². The first-order chi connectivity index (χ1) is 11.0. The van der Waals surface area contributed by atoms with Crippen LogP contribution in [0, 0.1) is 5.92 Å². The fourth-order valence-corrected chi connectivity index (χ4v) is 4.14. The average Bonchev–Trinajstić information content (AvgIpc) is 2.52. The summed E-state index contributed by atoms with van der Waals surface area (Å²) in [4.78, 5) is 24.2. The summed E-state index contributed by atoms with van der Waals surface area (Å²) in [5, 5.41) is 0. The SMILES string of the molecule is CCOC(=O)C1CCN(S(=O)(=O)c2ccccc2)CCCC1=O. The topological polar surface area (TPSA) is 80.8 Å². The Balaban J connectivity index is 2.17. The molecule has 6 nitrogen and oxygen atoms in total. The van der Waals surface area contributed by atoms with E-state index in [1.165, 1.54) is 4.31 Å². The van der Waals surface area contributed by atoms with Gasteiger partial charge >= 0.3 is 5.97 Å². The van der Waals surface area contributed by atoms with Gasteiger partial charge in [-0.25, -0.2) is 8.42 Å². The van der Waals surface area contributed by atoms with Gasteiger partial charge in [0.2, 0.25) is 10.0 Å². The molecule has 0 aromatic heterocycles. The summed E-state index contributed by atoms with van der Waals surface area (Å²) in [5.74, 6) is -1.60. The Morgan fingerprint density at radius 1 is 1.26 bits per heavy atom. The van der Waals surface area contributed by atoms with Crippen molar-refractivity contribution in [3.63, 3.8) is 0 Å². The van der Waals surface area contributed by atoms with Gasteiger partial charge in [-0.05, 0) is 31.9 Å². The number of ketones is 1. The Kier molecular flexibility index (Phi) is 5.90. The van der Waals surface area contributed by atoms with Crippen molar-refractivity contribution < 1.29 is 22.7 Å². The van der Waals surface area contributed by atoms with E-state index in [4.69, 9.17) is 4.74 Å². The number of Topliss-reactive ketones (excluding diaryl/α,β-unsaturated/α-hetero) is 1. The van der Waals surface area contributed by atoms with Crippen LogP contribution in [0.5, 0.6) is 0 Å². The first-order valence-corrected chi connectivity index (χ1v) is 9.15. The van der Waals surface area contributed by atoms with Crippen LogP contribution in [0.4, 0.5) is 0 Å². The van der Waals surface area contributed by atoms with Crippen LogP contribution in [-0.2, 0) is 24.3 Å². The number of rotatable bonds is 4. The molecule has 0 spiro atoms. The molecular formula is C16H21NO5S. The van der Waals surface area contributed by atoms with Crippen molar-refractivity contribution in [2.24, 2.45) is 5.92 Å². The van der Waals surface area contributed by atoms with E-state index in [0.29, 0.717) is 6.42 Å². The van der Waals surface area contributed by atoms with E-state index >= 15 is 0 Å². The van der Waals surface area contributed by atoms with Gasteiger partial charge in [-0.15, -0.1) is 0 Å². The predicted octanol–water partition coefficient (Wildman–Crippen LogP) is 1.61. The normalized spacial score (nSPS) is 20.6. The van der Waals surface area contributed by atoms with Crippen LogP contribution < -0.4 is 0 Å². The predicted molar refractivity (Wildman–Crippen MR) is 84.2 cm³/mol. The first-order valence-electron chi connectivity index (χ1n) is 7.71. The Labute approximate surface area is 136 Å². The van der Waals surface area contributed by atoms with E-state index in [1.54, 1.807) is 37.3 Å². The molecule has 23 heavy (non-hydrogen) atoms. The first kappa shape index (κ1) is 17.6. The number of hydrogen-bond acceptors (Lipinski definition) is 5. The molecule has 1 saturated heterocycles. The molecule has 0 N–H and O–H groups in total. The number of carbonyl (C=O) groups is 2.